The third kappa shape index (κ3) is 6.16. The zero-order chi connectivity index (χ0) is 22.3. The molecule has 0 heterocycles. The highest BCUT2D eigenvalue weighted by Gasteiger charge is 2.16. The molecule has 0 saturated carbocycles. The van der Waals surface area contributed by atoms with E-state index in [0.717, 1.165) is 6.07 Å². The molecule has 8 nitrogen and oxygen atoms in total. The SMILES string of the molecule is COc1cc(C(=O)OCC(=O)Nc2ccc(C(=O)N(C)C)cc2)ccc1OC(F)F. The molecule has 0 radical (unpaired) electrons. The van der Waals surface area contributed by atoms with E-state index in [-0.39, 0.29) is 23.0 Å². The lowest BCUT2D eigenvalue weighted by Gasteiger charge is -2.12. The molecule has 0 aliphatic heterocycles. The van der Waals surface area contributed by atoms with Crippen molar-refractivity contribution in [1.82, 2.24) is 4.90 Å². The predicted octanol–water partition coefficient (Wildman–Crippen LogP) is 2.79. The molecule has 0 atom stereocenters. The molecule has 0 bridgehead atoms. The Bertz CT molecular complexity index is 916. The number of carbonyl (C=O) groups excluding carboxylic acids is 3. The van der Waals surface area contributed by atoms with Crippen molar-refractivity contribution in [3.8, 4) is 11.5 Å². The summed E-state index contributed by atoms with van der Waals surface area (Å²) in [5, 5.41) is 2.53. The minimum Gasteiger partial charge on any atom is -0.493 e. The molecular weight excluding hydrogens is 402 g/mol. The predicted molar refractivity (Wildman–Crippen MR) is 103 cm³/mol. The molecule has 2 amide bonds. The number of rotatable bonds is 8. The lowest BCUT2D eigenvalue weighted by atomic mass is 10.2. The zero-order valence-electron chi connectivity index (χ0n) is 16.5. The number of ether oxygens (including phenoxy) is 3. The topological polar surface area (TPSA) is 94.2 Å². The third-order valence-electron chi connectivity index (χ3n) is 3.77. The molecule has 1 N–H and O–H groups in total. The van der Waals surface area contributed by atoms with Crippen molar-refractivity contribution >= 4 is 23.5 Å². The van der Waals surface area contributed by atoms with Crippen molar-refractivity contribution in [2.75, 3.05) is 33.1 Å². The van der Waals surface area contributed by atoms with Crippen molar-refractivity contribution < 1.29 is 37.4 Å². The van der Waals surface area contributed by atoms with Gasteiger partial charge in [-0.3, -0.25) is 9.59 Å². The average Bonchev–Trinajstić information content (AvgIpc) is 2.71. The van der Waals surface area contributed by atoms with E-state index in [1.807, 2.05) is 0 Å². The number of nitrogens with one attached hydrogen (secondary N) is 1. The highest BCUT2D eigenvalue weighted by Crippen LogP contribution is 2.29. The van der Waals surface area contributed by atoms with Gasteiger partial charge < -0.3 is 24.4 Å². The van der Waals surface area contributed by atoms with Gasteiger partial charge in [-0.15, -0.1) is 0 Å². The van der Waals surface area contributed by atoms with E-state index in [2.05, 4.69) is 10.1 Å². The van der Waals surface area contributed by atoms with Crippen LogP contribution in [0.5, 0.6) is 11.5 Å². The number of benzene rings is 2. The Hall–Kier alpha value is -3.69. The molecule has 2 aromatic rings. The number of nitrogens with zero attached hydrogens (tertiary/aromatic N) is 1. The molecule has 0 spiro atoms. The fourth-order valence-electron chi connectivity index (χ4n) is 2.35. The van der Waals surface area contributed by atoms with Crippen LogP contribution in [0.1, 0.15) is 20.7 Å². The summed E-state index contributed by atoms with van der Waals surface area (Å²) in [6.45, 7) is -3.62. The van der Waals surface area contributed by atoms with Crippen LogP contribution in [0.4, 0.5) is 14.5 Å². The van der Waals surface area contributed by atoms with Gasteiger partial charge in [-0.1, -0.05) is 0 Å². The first-order valence-corrected chi connectivity index (χ1v) is 8.62. The quantitative estimate of drug-likeness (QED) is 0.658. The number of halogens is 2. The molecule has 0 aliphatic carbocycles. The van der Waals surface area contributed by atoms with Crippen molar-refractivity contribution in [2.24, 2.45) is 0 Å². The van der Waals surface area contributed by atoms with Gasteiger partial charge in [0.25, 0.3) is 11.8 Å². The molecule has 0 aromatic heterocycles. The number of hydrogen-bond donors (Lipinski definition) is 1. The molecule has 0 unspecified atom stereocenters. The minimum atomic E-state index is -3.05. The van der Waals surface area contributed by atoms with Gasteiger partial charge in [0.2, 0.25) is 0 Å². The number of anilines is 1. The Kier molecular flexibility index (Phi) is 7.68. The number of carbonyl (C=O) groups is 3. The number of esters is 1. The Morgan fingerprint density at radius 1 is 1.00 bits per heavy atom. The van der Waals surface area contributed by atoms with Gasteiger partial charge in [0, 0.05) is 25.3 Å². The van der Waals surface area contributed by atoms with Crippen molar-refractivity contribution in [1.29, 1.82) is 0 Å². The second kappa shape index (κ2) is 10.2. The smallest absolute Gasteiger partial charge is 0.387 e. The first-order valence-electron chi connectivity index (χ1n) is 8.62. The minimum absolute atomic E-state index is 0.00665. The first kappa shape index (κ1) is 22.6. The number of amides is 2. The lowest BCUT2D eigenvalue weighted by molar-refractivity contribution is -0.119. The maximum absolute atomic E-state index is 12.3. The highest BCUT2D eigenvalue weighted by molar-refractivity contribution is 5.97. The molecule has 0 fully saturated rings. The van der Waals surface area contributed by atoms with Crippen molar-refractivity contribution in [2.45, 2.75) is 6.61 Å². The summed E-state index contributed by atoms with van der Waals surface area (Å²) < 4.78 is 38.8. The standard InChI is InChI=1S/C20H20F2N2O6/c1-24(2)18(26)12-4-7-14(8-5-12)23-17(25)11-29-19(27)13-6-9-15(30-20(21)22)16(10-13)28-3/h4-10,20H,11H2,1-3H3,(H,23,25). The van der Waals surface area contributed by atoms with E-state index in [1.54, 1.807) is 38.4 Å². The van der Waals surface area contributed by atoms with Crippen LogP contribution in [-0.2, 0) is 9.53 Å². The summed E-state index contributed by atoms with van der Waals surface area (Å²) in [5.41, 5.74) is 0.868. The molecule has 10 heteroatoms. The van der Waals surface area contributed by atoms with Crippen LogP contribution in [0.2, 0.25) is 0 Å². The summed E-state index contributed by atoms with van der Waals surface area (Å²) in [5.74, 6) is -1.94. The molecule has 30 heavy (non-hydrogen) atoms. The molecule has 0 saturated heterocycles. The Balaban J connectivity index is 1.93. The summed E-state index contributed by atoms with van der Waals surface area (Å²) >= 11 is 0. The third-order valence-corrected chi connectivity index (χ3v) is 3.77. The van der Waals surface area contributed by atoms with E-state index in [1.165, 1.54) is 24.1 Å². The van der Waals surface area contributed by atoms with Gasteiger partial charge in [0.15, 0.2) is 18.1 Å². The van der Waals surface area contributed by atoms with Gasteiger partial charge in [-0.2, -0.15) is 8.78 Å². The normalized spacial score (nSPS) is 10.3. The monoisotopic (exact) mass is 422 g/mol. The van der Waals surface area contributed by atoms with E-state index < -0.39 is 25.1 Å². The number of hydrogen-bond acceptors (Lipinski definition) is 6. The van der Waals surface area contributed by atoms with Crippen molar-refractivity contribution in [3.63, 3.8) is 0 Å². The van der Waals surface area contributed by atoms with Crippen LogP contribution in [0.25, 0.3) is 0 Å². The highest BCUT2D eigenvalue weighted by atomic mass is 19.3. The van der Waals surface area contributed by atoms with Crippen LogP contribution in [0.3, 0.4) is 0 Å². The van der Waals surface area contributed by atoms with Crippen LogP contribution in [-0.4, -0.2) is 57.1 Å². The van der Waals surface area contributed by atoms with Gasteiger partial charge >= 0.3 is 12.6 Å². The maximum atomic E-state index is 12.3. The average molecular weight is 422 g/mol. The first-order chi connectivity index (χ1) is 14.2. The number of alkyl halides is 2. The molecule has 2 aromatic carbocycles. The number of methoxy groups -OCH3 is 1. The summed E-state index contributed by atoms with van der Waals surface area (Å²) in [6, 6.07) is 9.71. The second-order valence-electron chi connectivity index (χ2n) is 6.15. The summed E-state index contributed by atoms with van der Waals surface area (Å²) in [4.78, 5) is 37.3. The van der Waals surface area contributed by atoms with E-state index in [4.69, 9.17) is 9.47 Å². The molecular formula is C20H20F2N2O6. The van der Waals surface area contributed by atoms with Crippen LogP contribution in [0.15, 0.2) is 42.5 Å². The summed E-state index contributed by atoms with van der Waals surface area (Å²) in [7, 11) is 4.48. The molecule has 0 aliphatic rings. The van der Waals surface area contributed by atoms with E-state index >= 15 is 0 Å². The molecule has 2 rings (SSSR count). The zero-order valence-corrected chi connectivity index (χ0v) is 16.5. The van der Waals surface area contributed by atoms with Gasteiger partial charge in [-0.05, 0) is 42.5 Å². The van der Waals surface area contributed by atoms with Crippen molar-refractivity contribution in [3.05, 3.63) is 53.6 Å². The van der Waals surface area contributed by atoms with Gasteiger partial charge in [0.05, 0.1) is 12.7 Å². The van der Waals surface area contributed by atoms with Crippen LogP contribution in [0, 0.1) is 0 Å². The summed E-state index contributed by atoms with van der Waals surface area (Å²) in [6.07, 6.45) is 0. The van der Waals surface area contributed by atoms with E-state index in [9.17, 15) is 23.2 Å². The maximum Gasteiger partial charge on any atom is 0.387 e. The van der Waals surface area contributed by atoms with Gasteiger partial charge in [-0.25, -0.2) is 4.79 Å². The van der Waals surface area contributed by atoms with Crippen LogP contribution < -0.4 is 14.8 Å². The van der Waals surface area contributed by atoms with Gasteiger partial charge in [0.1, 0.15) is 0 Å². The largest absolute Gasteiger partial charge is 0.493 e. The Morgan fingerprint density at radius 3 is 2.20 bits per heavy atom. The van der Waals surface area contributed by atoms with E-state index in [0.29, 0.717) is 11.3 Å². The van der Waals surface area contributed by atoms with Crippen LogP contribution >= 0.6 is 0 Å². The Labute approximate surface area is 171 Å². The lowest BCUT2D eigenvalue weighted by Crippen LogP contribution is -2.22. The Morgan fingerprint density at radius 2 is 1.63 bits per heavy atom. The molecule has 160 valence electrons. The second-order valence-corrected chi connectivity index (χ2v) is 6.15. The fraction of sp³-hybridized carbons (Fsp3) is 0.250. The fourth-order valence-corrected chi connectivity index (χ4v) is 2.35.